The van der Waals surface area contributed by atoms with Crippen LogP contribution in [0.25, 0.3) is 22.5 Å². The van der Waals surface area contributed by atoms with E-state index in [1.807, 2.05) is 23.5 Å². The van der Waals surface area contributed by atoms with Gasteiger partial charge >= 0.3 is 0 Å². The van der Waals surface area contributed by atoms with E-state index in [9.17, 15) is 0 Å². The van der Waals surface area contributed by atoms with E-state index in [0.717, 1.165) is 34.2 Å². The van der Waals surface area contributed by atoms with Gasteiger partial charge in [-0.1, -0.05) is 60.7 Å². The maximum absolute atomic E-state index is 4.82. The molecule has 0 atom stereocenters. The van der Waals surface area contributed by atoms with E-state index in [-0.39, 0.29) is 0 Å². The third-order valence-corrected chi connectivity index (χ3v) is 7.39. The largest absolute Gasteiger partial charge is 0.241 e. The minimum absolute atomic E-state index is 0.898. The van der Waals surface area contributed by atoms with Crippen LogP contribution in [0.1, 0.15) is 19.8 Å². The summed E-state index contributed by atoms with van der Waals surface area (Å²) in [7, 11) is 0. The molecule has 3 heterocycles. The van der Waals surface area contributed by atoms with E-state index < -0.39 is 0 Å². The monoisotopic (exact) mass is 430 g/mol. The molecule has 29 heavy (non-hydrogen) atoms. The molecule has 0 aliphatic carbocycles. The maximum atomic E-state index is 4.82. The Morgan fingerprint density at radius 3 is 1.45 bits per heavy atom. The van der Waals surface area contributed by atoms with Gasteiger partial charge in [0.1, 0.15) is 0 Å². The lowest BCUT2D eigenvalue weighted by atomic mass is 10.2. The highest BCUT2D eigenvalue weighted by atomic mass is 32.1. The SMILES string of the molecule is c1ccc(-c2csc(Cc3ccc(Cc4nc(-c5ccccc5)cs4)s3)n2)cc1. The number of hydrogen-bond donors (Lipinski definition) is 0. The van der Waals surface area contributed by atoms with Crippen LogP contribution in [0.15, 0.2) is 83.6 Å². The van der Waals surface area contributed by atoms with Crippen molar-refractivity contribution in [3.8, 4) is 22.5 Å². The molecule has 0 unspecified atom stereocenters. The highest BCUT2D eigenvalue weighted by Gasteiger charge is 2.10. The summed E-state index contributed by atoms with van der Waals surface area (Å²) in [6.07, 6.45) is 1.80. The fourth-order valence-corrected chi connectivity index (χ4v) is 6.04. The zero-order chi connectivity index (χ0) is 19.5. The summed E-state index contributed by atoms with van der Waals surface area (Å²) < 4.78 is 0. The van der Waals surface area contributed by atoms with Gasteiger partial charge < -0.3 is 0 Å². The summed E-state index contributed by atoms with van der Waals surface area (Å²) >= 11 is 5.34. The van der Waals surface area contributed by atoms with Gasteiger partial charge in [0.15, 0.2) is 0 Å². The van der Waals surface area contributed by atoms with E-state index in [1.165, 1.54) is 20.9 Å². The maximum Gasteiger partial charge on any atom is 0.0984 e. The lowest BCUT2D eigenvalue weighted by Gasteiger charge is -1.96. The topological polar surface area (TPSA) is 25.8 Å². The number of thiazole rings is 2. The summed E-state index contributed by atoms with van der Waals surface area (Å²) in [5.41, 5.74) is 4.50. The highest BCUT2D eigenvalue weighted by molar-refractivity contribution is 7.13. The molecule has 0 aliphatic heterocycles. The Kier molecular flexibility index (Phi) is 5.35. The highest BCUT2D eigenvalue weighted by Crippen LogP contribution is 2.28. The van der Waals surface area contributed by atoms with Crippen molar-refractivity contribution in [3.63, 3.8) is 0 Å². The molecule has 5 aromatic rings. The molecule has 5 rings (SSSR count). The van der Waals surface area contributed by atoms with Crippen molar-refractivity contribution in [1.29, 1.82) is 0 Å². The standard InChI is InChI=1S/C24H18N2S3/c1-3-7-17(8-4-1)21-15-27-23(25-21)13-19-11-12-20(29-19)14-24-26-22(16-28-24)18-9-5-2-6-10-18/h1-12,15-16H,13-14H2. The molecule has 5 heteroatoms. The quantitative estimate of drug-likeness (QED) is 0.285. The third kappa shape index (κ3) is 4.37. The van der Waals surface area contributed by atoms with Crippen LogP contribution in [0.3, 0.4) is 0 Å². The van der Waals surface area contributed by atoms with Crippen molar-refractivity contribution in [2.24, 2.45) is 0 Å². The second-order valence-electron chi connectivity index (χ2n) is 6.71. The predicted octanol–water partition coefficient (Wildman–Crippen LogP) is 7.18. The van der Waals surface area contributed by atoms with E-state index in [0.29, 0.717) is 0 Å². The molecule has 0 amide bonds. The number of benzene rings is 2. The first-order valence-corrected chi connectivity index (χ1v) is 12.0. The zero-order valence-corrected chi connectivity index (χ0v) is 18.1. The average molecular weight is 431 g/mol. The first-order valence-electron chi connectivity index (χ1n) is 9.41. The summed E-state index contributed by atoms with van der Waals surface area (Å²) in [5, 5.41) is 6.63. The molecule has 3 aromatic heterocycles. The summed E-state index contributed by atoms with van der Waals surface area (Å²) in [6.45, 7) is 0. The fourth-order valence-electron chi connectivity index (χ4n) is 3.18. The zero-order valence-electron chi connectivity index (χ0n) is 15.6. The van der Waals surface area contributed by atoms with Gasteiger partial charge in [0.05, 0.1) is 21.4 Å². The van der Waals surface area contributed by atoms with Gasteiger partial charge in [-0.2, -0.15) is 0 Å². The van der Waals surface area contributed by atoms with Crippen LogP contribution in [0.2, 0.25) is 0 Å². The average Bonchev–Trinajstić information content (AvgIpc) is 3.52. The van der Waals surface area contributed by atoms with Gasteiger partial charge in [0.2, 0.25) is 0 Å². The van der Waals surface area contributed by atoms with E-state index in [1.54, 1.807) is 22.7 Å². The molecule has 0 fully saturated rings. The minimum atomic E-state index is 0.898. The second-order valence-corrected chi connectivity index (χ2v) is 9.84. The number of rotatable bonds is 6. The molecule has 0 radical (unpaired) electrons. The Labute approximate surface area is 182 Å². The molecular formula is C24H18N2S3. The van der Waals surface area contributed by atoms with Crippen molar-refractivity contribution >= 4 is 34.0 Å². The van der Waals surface area contributed by atoms with Crippen LogP contribution >= 0.6 is 34.0 Å². The molecule has 2 nitrogen and oxygen atoms in total. The lowest BCUT2D eigenvalue weighted by molar-refractivity contribution is 1.17. The Morgan fingerprint density at radius 1 is 0.552 bits per heavy atom. The first-order chi connectivity index (χ1) is 14.3. The fraction of sp³-hybridized carbons (Fsp3) is 0.0833. The number of hydrogen-bond acceptors (Lipinski definition) is 5. The van der Waals surface area contributed by atoms with Crippen LogP contribution in [-0.4, -0.2) is 9.97 Å². The van der Waals surface area contributed by atoms with E-state index in [2.05, 4.69) is 71.4 Å². The Bertz CT molecular complexity index is 1110. The van der Waals surface area contributed by atoms with Gasteiger partial charge in [-0.05, 0) is 12.1 Å². The minimum Gasteiger partial charge on any atom is -0.241 e. The van der Waals surface area contributed by atoms with Crippen molar-refractivity contribution in [2.45, 2.75) is 12.8 Å². The molecule has 0 aliphatic rings. The van der Waals surface area contributed by atoms with Crippen molar-refractivity contribution in [1.82, 2.24) is 9.97 Å². The lowest BCUT2D eigenvalue weighted by Crippen LogP contribution is -1.85. The van der Waals surface area contributed by atoms with Crippen LogP contribution in [0.5, 0.6) is 0 Å². The molecule has 2 aromatic carbocycles. The molecular weight excluding hydrogens is 412 g/mol. The summed E-state index contributed by atoms with van der Waals surface area (Å²) in [6, 6.07) is 25.2. The number of thiophene rings is 1. The summed E-state index contributed by atoms with van der Waals surface area (Å²) in [5.74, 6) is 0. The normalized spacial score (nSPS) is 11.0. The van der Waals surface area contributed by atoms with Crippen LogP contribution in [0, 0.1) is 0 Å². The van der Waals surface area contributed by atoms with E-state index >= 15 is 0 Å². The number of nitrogens with zero attached hydrogens (tertiary/aromatic N) is 2. The van der Waals surface area contributed by atoms with Gasteiger partial charge in [-0.3, -0.25) is 0 Å². The molecule has 0 spiro atoms. The molecule has 0 saturated carbocycles. The van der Waals surface area contributed by atoms with Crippen LogP contribution < -0.4 is 0 Å². The van der Waals surface area contributed by atoms with Crippen LogP contribution in [0.4, 0.5) is 0 Å². The van der Waals surface area contributed by atoms with E-state index in [4.69, 9.17) is 9.97 Å². The molecule has 0 N–H and O–H groups in total. The van der Waals surface area contributed by atoms with Gasteiger partial charge in [-0.25, -0.2) is 9.97 Å². The first kappa shape index (κ1) is 18.4. The van der Waals surface area contributed by atoms with Crippen LogP contribution in [-0.2, 0) is 12.8 Å². The third-order valence-electron chi connectivity index (χ3n) is 4.61. The van der Waals surface area contributed by atoms with Crippen molar-refractivity contribution in [2.75, 3.05) is 0 Å². The Balaban J connectivity index is 1.26. The molecule has 0 bridgehead atoms. The molecule has 142 valence electrons. The second kappa shape index (κ2) is 8.41. The van der Waals surface area contributed by atoms with Gasteiger partial charge in [-0.15, -0.1) is 34.0 Å². The van der Waals surface area contributed by atoms with Crippen molar-refractivity contribution in [3.05, 3.63) is 103 Å². The van der Waals surface area contributed by atoms with Gasteiger partial charge in [0.25, 0.3) is 0 Å². The van der Waals surface area contributed by atoms with Crippen molar-refractivity contribution < 1.29 is 0 Å². The smallest absolute Gasteiger partial charge is 0.0984 e. The predicted molar refractivity (Wildman–Crippen MR) is 125 cm³/mol. The van der Waals surface area contributed by atoms with Gasteiger partial charge in [0, 0.05) is 44.5 Å². The Morgan fingerprint density at radius 2 is 1.00 bits per heavy atom. The Hall–Kier alpha value is -2.60. The molecule has 0 saturated heterocycles. The summed E-state index contributed by atoms with van der Waals surface area (Å²) in [4.78, 5) is 12.4. The number of aromatic nitrogens is 2.